The van der Waals surface area contributed by atoms with Crippen molar-refractivity contribution in [1.82, 2.24) is 4.57 Å². The quantitative estimate of drug-likeness (QED) is 0.149. The van der Waals surface area contributed by atoms with Gasteiger partial charge >= 0.3 is 0 Å². The van der Waals surface area contributed by atoms with E-state index in [1.54, 1.807) is 5.57 Å². The summed E-state index contributed by atoms with van der Waals surface area (Å²) in [6.07, 6.45) is 36.6. The highest BCUT2D eigenvalue weighted by atomic mass is 15.2. The highest BCUT2D eigenvalue weighted by molar-refractivity contribution is 5.93. The van der Waals surface area contributed by atoms with E-state index in [4.69, 9.17) is 0 Å². The van der Waals surface area contributed by atoms with Crippen molar-refractivity contribution in [1.29, 1.82) is 0 Å². The minimum atomic E-state index is -0.278. The summed E-state index contributed by atoms with van der Waals surface area (Å²) in [6, 6.07) is 50.0. The first-order valence-electron chi connectivity index (χ1n) is 23.5. The maximum atomic E-state index is 2.65. The van der Waals surface area contributed by atoms with Gasteiger partial charge in [0, 0.05) is 33.8 Å². The van der Waals surface area contributed by atoms with E-state index in [2.05, 4.69) is 210 Å². The fourth-order valence-electron chi connectivity index (χ4n) is 12.2. The average Bonchev–Trinajstić information content (AvgIpc) is 3.86. The van der Waals surface area contributed by atoms with Crippen molar-refractivity contribution in [2.75, 3.05) is 4.90 Å². The summed E-state index contributed by atoms with van der Waals surface area (Å²) < 4.78 is 2.46. The number of rotatable bonds is 8. The van der Waals surface area contributed by atoms with Gasteiger partial charge in [0.15, 0.2) is 0 Å². The van der Waals surface area contributed by atoms with Crippen molar-refractivity contribution in [2.24, 2.45) is 11.8 Å². The van der Waals surface area contributed by atoms with Gasteiger partial charge in [-0.2, -0.15) is 0 Å². The first kappa shape index (κ1) is 38.1. The Bertz CT molecular complexity index is 2980. The highest BCUT2D eigenvalue weighted by Crippen LogP contribution is 2.59. The van der Waals surface area contributed by atoms with E-state index in [0.29, 0.717) is 17.8 Å². The zero-order chi connectivity index (χ0) is 41.7. The molecule has 0 radical (unpaired) electrons. The minimum absolute atomic E-state index is 0.278. The lowest BCUT2D eigenvalue weighted by Crippen LogP contribution is -2.32. The van der Waals surface area contributed by atoms with Crippen LogP contribution in [0.3, 0.4) is 0 Å². The van der Waals surface area contributed by atoms with Gasteiger partial charge in [0.2, 0.25) is 0 Å². The Labute approximate surface area is 373 Å². The van der Waals surface area contributed by atoms with Crippen LogP contribution in [-0.2, 0) is 11.8 Å². The van der Waals surface area contributed by atoms with E-state index >= 15 is 0 Å². The van der Waals surface area contributed by atoms with Crippen LogP contribution in [0.2, 0.25) is 0 Å². The van der Waals surface area contributed by atoms with Crippen LogP contribution in [0.1, 0.15) is 90.8 Å². The lowest BCUT2D eigenvalue weighted by molar-refractivity contribution is 0.470. The molecule has 1 aromatic heterocycles. The van der Waals surface area contributed by atoms with E-state index in [1.807, 2.05) is 0 Å². The number of para-hydroxylation sites is 2. The van der Waals surface area contributed by atoms with Crippen LogP contribution in [0.15, 0.2) is 217 Å². The van der Waals surface area contributed by atoms with Gasteiger partial charge in [-0.05, 0) is 157 Å². The molecule has 6 aromatic rings. The normalized spacial score (nSPS) is 23.5. The Morgan fingerprint density at radius 3 is 2.21 bits per heavy atom. The molecule has 0 saturated carbocycles. The van der Waals surface area contributed by atoms with Crippen molar-refractivity contribution in [3.05, 3.63) is 250 Å². The van der Waals surface area contributed by atoms with Gasteiger partial charge in [-0.15, -0.1) is 0 Å². The molecule has 4 unspecified atom stereocenters. The summed E-state index contributed by atoms with van der Waals surface area (Å²) in [5.74, 6) is 1.42. The largest absolute Gasteiger partial charge is 0.315 e. The molecule has 0 aliphatic heterocycles. The number of fused-ring (bicyclic) bond motifs is 5. The highest BCUT2D eigenvalue weighted by Gasteiger charge is 2.48. The van der Waals surface area contributed by atoms with E-state index in [-0.39, 0.29) is 5.41 Å². The Balaban J connectivity index is 0.928. The average molecular weight is 815 g/mol. The van der Waals surface area contributed by atoms with Gasteiger partial charge in [-0.1, -0.05) is 163 Å². The first-order chi connectivity index (χ1) is 31.3. The van der Waals surface area contributed by atoms with Crippen LogP contribution < -0.4 is 4.90 Å². The van der Waals surface area contributed by atoms with Gasteiger partial charge in [-0.25, -0.2) is 0 Å². The van der Waals surface area contributed by atoms with Crippen molar-refractivity contribution in [2.45, 2.75) is 69.1 Å². The minimum Gasteiger partial charge on any atom is -0.315 e. The van der Waals surface area contributed by atoms with Gasteiger partial charge in [0.1, 0.15) is 0 Å². The van der Waals surface area contributed by atoms with Crippen molar-refractivity contribution in [3.63, 3.8) is 0 Å². The second kappa shape index (κ2) is 15.9. The Kier molecular flexibility index (Phi) is 9.62. The lowest BCUT2D eigenvalue weighted by atomic mass is 9.63. The van der Waals surface area contributed by atoms with E-state index in [9.17, 15) is 0 Å². The van der Waals surface area contributed by atoms with Crippen LogP contribution in [-0.4, -0.2) is 4.57 Å². The van der Waals surface area contributed by atoms with Crippen molar-refractivity contribution in [3.8, 4) is 5.69 Å². The molecule has 0 amide bonds. The summed E-state index contributed by atoms with van der Waals surface area (Å²) in [6.45, 7) is 0. The molecule has 6 aliphatic rings. The van der Waals surface area contributed by atoms with Gasteiger partial charge in [-0.3, -0.25) is 0 Å². The van der Waals surface area contributed by atoms with Crippen LogP contribution in [0, 0.1) is 11.8 Å². The molecule has 0 N–H and O–H groups in total. The van der Waals surface area contributed by atoms with Crippen LogP contribution in [0.5, 0.6) is 0 Å². The third-order valence-corrected chi connectivity index (χ3v) is 15.1. The third-order valence-electron chi connectivity index (χ3n) is 15.1. The molecule has 0 saturated heterocycles. The molecule has 12 rings (SSSR count). The van der Waals surface area contributed by atoms with Crippen LogP contribution in [0.4, 0.5) is 5.69 Å². The molecule has 2 nitrogen and oxygen atoms in total. The molecule has 0 fully saturated rings. The predicted octanol–water partition coefficient (Wildman–Crippen LogP) is 15.3. The van der Waals surface area contributed by atoms with E-state index in [1.165, 1.54) is 78.3 Å². The number of allylic oxidation sites excluding steroid dienone is 14. The molecule has 1 heterocycles. The monoisotopic (exact) mass is 814 g/mol. The second-order valence-electron chi connectivity index (χ2n) is 18.4. The summed E-state index contributed by atoms with van der Waals surface area (Å²) >= 11 is 0. The standard InChI is InChI=1S/C61H54N2/c1-5-17-43(18-6-1)44-29-34-50(35-30-44)62(51-36-31-45(32-37-51)46-33-40-60-56(41-46)55-26-14-16-28-59(55)63(60)49-23-11-4-12-24-49)52-38-39-54-53-25-13-15-27-57(53)61(58(54)42-52,47-19-7-2-8-20-47)48-21-9-3-10-22-48/h1-9,11-14,16-21,23-26,28,31,33-34,36-40,42,44-46H,10,15,22,27,29-30,32,35,41H2. The molecule has 308 valence electrons. The zero-order valence-corrected chi connectivity index (χ0v) is 36.0. The number of hydrogen-bond acceptors (Lipinski definition) is 1. The first-order valence-corrected chi connectivity index (χ1v) is 23.5. The number of nitrogens with zero attached hydrogens (tertiary/aromatic N) is 2. The van der Waals surface area contributed by atoms with Crippen LogP contribution >= 0.6 is 0 Å². The number of aromatic nitrogens is 1. The summed E-state index contributed by atoms with van der Waals surface area (Å²) in [5.41, 5.74) is 19.3. The van der Waals surface area contributed by atoms with Crippen LogP contribution in [0.25, 0.3) is 28.2 Å². The molecule has 0 spiro atoms. The van der Waals surface area contributed by atoms with E-state index in [0.717, 1.165) is 57.8 Å². The predicted molar refractivity (Wildman–Crippen MR) is 264 cm³/mol. The van der Waals surface area contributed by atoms with Crippen molar-refractivity contribution >= 4 is 28.2 Å². The number of anilines is 1. The van der Waals surface area contributed by atoms with Crippen molar-refractivity contribution < 1.29 is 0 Å². The summed E-state index contributed by atoms with van der Waals surface area (Å²) in [4.78, 5) is 2.65. The Morgan fingerprint density at radius 1 is 0.651 bits per heavy atom. The molecule has 63 heavy (non-hydrogen) atoms. The molecular formula is C61H54N2. The fraction of sp³-hybridized carbons (Fsp3) is 0.213. The molecular weight excluding hydrogens is 761 g/mol. The van der Waals surface area contributed by atoms with Gasteiger partial charge in [0.25, 0.3) is 0 Å². The van der Waals surface area contributed by atoms with E-state index < -0.39 is 0 Å². The SMILES string of the molecule is C1=CCCC(C2(c3ccccc3)C3=C(C=CCC3)c3ccc(N(C4=CCC(C5C=Cc6c(c7ccccc7n6-c6ccccc6)C5)C=C4)C4=CCC(c5ccccc5)CC4)cc32)=C1. The van der Waals surface area contributed by atoms with Gasteiger partial charge in [0.05, 0.1) is 10.9 Å². The topological polar surface area (TPSA) is 8.17 Å². The summed E-state index contributed by atoms with van der Waals surface area (Å²) in [7, 11) is 0. The smallest absolute Gasteiger partial charge is 0.0640 e. The maximum absolute atomic E-state index is 2.65. The molecule has 5 aromatic carbocycles. The maximum Gasteiger partial charge on any atom is 0.0640 e. The zero-order valence-electron chi connectivity index (χ0n) is 36.0. The molecule has 4 atom stereocenters. The number of benzene rings is 5. The molecule has 0 bridgehead atoms. The lowest BCUT2D eigenvalue weighted by Gasteiger charge is -2.40. The Hall–Kier alpha value is -6.64. The summed E-state index contributed by atoms with van der Waals surface area (Å²) in [5, 5.41) is 1.38. The second-order valence-corrected chi connectivity index (χ2v) is 18.4. The fourth-order valence-corrected chi connectivity index (χ4v) is 12.2. The van der Waals surface area contributed by atoms with Gasteiger partial charge < -0.3 is 9.47 Å². The Morgan fingerprint density at radius 2 is 1.43 bits per heavy atom. The molecule has 6 aliphatic carbocycles. The third kappa shape index (κ3) is 6.37. The number of hydrogen-bond donors (Lipinski definition) is 0. The molecule has 2 heteroatoms.